The summed E-state index contributed by atoms with van der Waals surface area (Å²) in [5.74, 6) is 0.730. The third kappa shape index (κ3) is 1.36. The van der Waals surface area contributed by atoms with E-state index in [4.69, 9.17) is 0 Å². The lowest BCUT2D eigenvalue weighted by atomic mass is 9.68. The van der Waals surface area contributed by atoms with Crippen LogP contribution in [-0.2, 0) is 0 Å². The van der Waals surface area contributed by atoms with Gasteiger partial charge < -0.3 is 0 Å². The molecule has 1 saturated carbocycles. The molecule has 1 unspecified atom stereocenters. The Morgan fingerprint density at radius 1 is 1.06 bits per heavy atom. The fourth-order valence-corrected chi connectivity index (χ4v) is 3.39. The summed E-state index contributed by atoms with van der Waals surface area (Å²) >= 11 is 0. The van der Waals surface area contributed by atoms with Crippen molar-refractivity contribution < 1.29 is 0 Å². The van der Waals surface area contributed by atoms with Crippen molar-refractivity contribution >= 4 is 0 Å². The fourth-order valence-electron chi connectivity index (χ4n) is 3.39. The van der Waals surface area contributed by atoms with E-state index in [0.29, 0.717) is 0 Å². The van der Waals surface area contributed by atoms with Crippen molar-refractivity contribution in [3.63, 3.8) is 0 Å². The Morgan fingerprint density at radius 2 is 1.94 bits per heavy atom. The molecule has 0 bridgehead atoms. The molecule has 0 amide bonds. The lowest BCUT2D eigenvalue weighted by Crippen LogP contribution is -2.21. The molecule has 0 aromatic carbocycles. The molecule has 0 aromatic heterocycles. The average molecular weight is 211 g/mol. The third-order valence-electron chi connectivity index (χ3n) is 4.39. The van der Waals surface area contributed by atoms with Gasteiger partial charge in [-0.15, -0.1) is 0 Å². The first-order chi connectivity index (χ1) is 7.79. The topological polar surface area (TPSA) is 0 Å². The van der Waals surface area contributed by atoms with E-state index in [0.717, 1.165) is 5.92 Å². The second kappa shape index (κ2) is 3.76. The molecule has 0 heterocycles. The SMILES string of the molecule is CC1=C2[CH]C=CC=C2C2CCCCC2=C1C. The maximum absolute atomic E-state index is 2.33. The molecule has 0 heteroatoms. The zero-order chi connectivity index (χ0) is 11.1. The Hall–Kier alpha value is -1.04. The van der Waals surface area contributed by atoms with Crippen molar-refractivity contribution in [3.8, 4) is 0 Å². The fraction of sp³-hybridized carbons (Fsp3) is 0.438. The van der Waals surface area contributed by atoms with Gasteiger partial charge >= 0.3 is 0 Å². The summed E-state index contributed by atoms with van der Waals surface area (Å²) in [6.45, 7) is 4.60. The van der Waals surface area contributed by atoms with E-state index in [1.165, 1.54) is 36.8 Å². The van der Waals surface area contributed by atoms with Gasteiger partial charge in [0.1, 0.15) is 0 Å². The average Bonchev–Trinajstić information content (AvgIpc) is 2.36. The zero-order valence-electron chi connectivity index (χ0n) is 10.2. The van der Waals surface area contributed by atoms with Gasteiger partial charge in [0, 0.05) is 12.3 Å². The predicted molar refractivity (Wildman–Crippen MR) is 68.9 cm³/mol. The number of fused-ring (bicyclic) bond motifs is 3. The van der Waals surface area contributed by atoms with Crippen molar-refractivity contribution in [2.24, 2.45) is 5.92 Å². The highest BCUT2D eigenvalue weighted by atomic mass is 14.4. The van der Waals surface area contributed by atoms with Crippen LogP contribution < -0.4 is 0 Å². The number of allylic oxidation sites excluding steroid dienone is 8. The quantitative estimate of drug-likeness (QED) is 0.552. The molecule has 0 nitrogen and oxygen atoms in total. The van der Waals surface area contributed by atoms with Gasteiger partial charge in [0.05, 0.1) is 0 Å². The minimum absolute atomic E-state index is 0.730. The molecule has 83 valence electrons. The molecule has 0 aliphatic heterocycles. The molecule has 1 fully saturated rings. The standard InChI is InChI=1S/C16H19/c1-11-12(2)14-8-4-6-10-16(14)15-9-5-3-7-13(11)15/h3,5,7,9,16H,4,6,8,10H2,1-2H3. The molecule has 0 spiro atoms. The van der Waals surface area contributed by atoms with E-state index in [1.807, 2.05) is 0 Å². The van der Waals surface area contributed by atoms with Crippen LogP contribution in [0.3, 0.4) is 0 Å². The van der Waals surface area contributed by atoms with Gasteiger partial charge in [-0.3, -0.25) is 0 Å². The number of hydrogen-bond acceptors (Lipinski definition) is 0. The van der Waals surface area contributed by atoms with Crippen LogP contribution >= 0.6 is 0 Å². The Kier molecular flexibility index (Phi) is 2.38. The minimum Gasteiger partial charge on any atom is -0.0760 e. The Labute approximate surface area is 98.4 Å². The van der Waals surface area contributed by atoms with E-state index in [9.17, 15) is 0 Å². The Bertz CT molecular complexity index is 439. The highest BCUT2D eigenvalue weighted by Gasteiger charge is 2.31. The van der Waals surface area contributed by atoms with Gasteiger partial charge in [-0.05, 0) is 55.4 Å². The normalized spacial score (nSPS) is 28.9. The van der Waals surface area contributed by atoms with Crippen LogP contribution in [0.25, 0.3) is 0 Å². The van der Waals surface area contributed by atoms with Crippen molar-refractivity contribution in [2.45, 2.75) is 39.5 Å². The molecule has 0 N–H and O–H groups in total. The molecule has 3 aliphatic rings. The summed E-state index contributed by atoms with van der Waals surface area (Å²) in [6.07, 6.45) is 14.5. The summed E-state index contributed by atoms with van der Waals surface area (Å²) in [6, 6.07) is 0. The van der Waals surface area contributed by atoms with E-state index < -0.39 is 0 Å². The van der Waals surface area contributed by atoms with Gasteiger partial charge in [0.15, 0.2) is 0 Å². The monoisotopic (exact) mass is 211 g/mol. The summed E-state index contributed by atoms with van der Waals surface area (Å²) in [5, 5.41) is 0. The molecule has 1 radical (unpaired) electrons. The molecule has 16 heavy (non-hydrogen) atoms. The first-order valence-corrected chi connectivity index (χ1v) is 6.42. The van der Waals surface area contributed by atoms with Crippen LogP contribution in [0.5, 0.6) is 0 Å². The lowest BCUT2D eigenvalue weighted by Gasteiger charge is -2.36. The highest BCUT2D eigenvalue weighted by Crippen LogP contribution is 2.46. The lowest BCUT2D eigenvalue weighted by molar-refractivity contribution is 0.495. The molecule has 3 aliphatic carbocycles. The van der Waals surface area contributed by atoms with Gasteiger partial charge in [-0.1, -0.05) is 30.2 Å². The Balaban J connectivity index is 2.14. The van der Waals surface area contributed by atoms with Crippen LogP contribution in [0.4, 0.5) is 0 Å². The smallest absolute Gasteiger partial charge is 0.0131 e. The molecule has 0 aromatic rings. The first kappa shape index (κ1) is 10.1. The summed E-state index contributed by atoms with van der Waals surface area (Å²) < 4.78 is 0. The van der Waals surface area contributed by atoms with Crippen LogP contribution in [0, 0.1) is 12.3 Å². The van der Waals surface area contributed by atoms with Crippen molar-refractivity contribution in [1.82, 2.24) is 0 Å². The maximum Gasteiger partial charge on any atom is 0.0131 e. The van der Waals surface area contributed by atoms with Crippen molar-refractivity contribution in [2.75, 3.05) is 0 Å². The molecule has 0 saturated heterocycles. The van der Waals surface area contributed by atoms with Crippen LogP contribution in [0.15, 0.2) is 46.1 Å². The van der Waals surface area contributed by atoms with Crippen LogP contribution in [0.1, 0.15) is 39.5 Å². The van der Waals surface area contributed by atoms with Gasteiger partial charge in [0.2, 0.25) is 0 Å². The molecule has 3 rings (SSSR count). The van der Waals surface area contributed by atoms with Gasteiger partial charge in [-0.25, -0.2) is 0 Å². The minimum atomic E-state index is 0.730. The largest absolute Gasteiger partial charge is 0.0760 e. The van der Waals surface area contributed by atoms with E-state index >= 15 is 0 Å². The zero-order valence-corrected chi connectivity index (χ0v) is 10.2. The number of rotatable bonds is 0. The Morgan fingerprint density at radius 3 is 2.81 bits per heavy atom. The second-order valence-electron chi connectivity index (χ2n) is 5.16. The van der Waals surface area contributed by atoms with Gasteiger partial charge in [0.25, 0.3) is 0 Å². The maximum atomic E-state index is 2.33. The first-order valence-electron chi connectivity index (χ1n) is 6.42. The van der Waals surface area contributed by atoms with Crippen LogP contribution in [0.2, 0.25) is 0 Å². The van der Waals surface area contributed by atoms with Crippen LogP contribution in [-0.4, -0.2) is 0 Å². The molecular weight excluding hydrogens is 192 g/mol. The summed E-state index contributed by atoms with van der Waals surface area (Å²) in [5.41, 5.74) is 7.88. The van der Waals surface area contributed by atoms with Gasteiger partial charge in [-0.2, -0.15) is 0 Å². The highest BCUT2D eigenvalue weighted by molar-refractivity contribution is 5.60. The predicted octanol–water partition coefficient (Wildman–Crippen LogP) is 4.52. The third-order valence-corrected chi connectivity index (χ3v) is 4.39. The van der Waals surface area contributed by atoms with E-state index in [-0.39, 0.29) is 0 Å². The van der Waals surface area contributed by atoms with E-state index in [1.54, 1.807) is 16.7 Å². The van der Waals surface area contributed by atoms with Crippen molar-refractivity contribution in [1.29, 1.82) is 0 Å². The van der Waals surface area contributed by atoms with E-state index in [2.05, 4.69) is 38.5 Å². The summed E-state index contributed by atoms with van der Waals surface area (Å²) in [4.78, 5) is 0. The van der Waals surface area contributed by atoms with Crippen molar-refractivity contribution in [3.05, 3.63) is 52.5 Å². The molecular formula is C16H19. The second-order valence-corrected chi connectivity index (χ2v) is 5.16. The molecule has 1 atom stereocenters. The number of hydrogen-bond donors (Lipinski definition) is 0. The summed E-state index contributed by atoms with van der Waals surface area (Å²) in [7, 11) is 0.